The van der Waals surface area contributed by atoms with E-state index in [4.69, 9.17) is 26.7 Å². The summed E-state index contributed by atoms with van der Waals surface area (Å²) in [7, 11) is 0. The molecular weight excluding hydrogens is 262 g/mol. The van der Waals surface area contributed by atoms with Gasteiger partial charge in [-0.25, -0.2) is 0 Å². The first kappa shape index (κ1) is 16.1. The molecule has 0 aromatic rings. The van der Waals surface area contributed by atoms with Crippen LogP contribution in [0.15, 0.2) is 0 Å². The van der Waals surface area contributed by atoms with Gasteiger partial charge in [-0.15, -0.1) is 0 Å². The van der Waals surface area contributed by atoms with Gasteiger partial charge in [0.25, 0.3) is 0 Å². The standard InChI is InChI=1S/C13H27N3O4/c1-6(14)9-3-2-4-10(19-9)20-13-8(16)5-7(15)11(17)12(13)18/h6-13,17-18H,2-5,14-16H2,1H3/t6-,7-,8+,9?,10-,11+,12-,13-/m1/s1. The Bertz CT molecular complexity index is 318. The van der Waals surface area contributed by atoms with Crippen LogP contribution in [0.5, 0.6) is 0 Å². The van der Waals surface area contributed by atoms with Gasteiger partial charge < -0.3 is 36.9 Å². The normalized spacial score (nSPS) is 48.0. The predicted molar refractivity (Wildman–Crippen MR) is 73.6 cm³/mol. The van der Waals surface area contributed by atoms with E-state index in [0.29, 0.717) is 6.42 Å². The van der Waals surface area contributed by atoms with E-state index in [1.165, 1.54) is 0 Å². The highest BCUT2D eigenvalue weighted by Gasteiger charge is 2.43. The molecule has 8 N–H and O–H groups in total. The van der Waals surface area contributed by atoms with E-state index in [0.717, 1.165) is 19.3 Å². The summed E-state index contributed by atoms with van der Waals surface area (Å²) in [4.78, 5) is 0. The van der Waals surface area contributed by atoms with Gasteiger partial charge in [-0.05, 0) is 32.6 Å². The summed E-state index contributed by atoms with van der Waals surface area (Å²) in [5.74, 6) is 0. The Morgan fingerprint density at radius 3 is 2.50 bits per heavy atom. The number of rotatable bonds is 3. The van der Waals surface area contributed by atoms with E-state index < -0.39 is 36.7 Å². The zero-order chi connectivity index (χ0) is 14.9. The molecule has 2 fully saturated rings. The first-order chi connectivity index (χ1) is 9.40. The summed E-state index contributed by atoms with van der Waals surface area (Å²) in [5, 5.41) is 19.9. The molecule has 0 spiro atoms. The average Bonchev–Trinajstić information content (AvgIpc) is 2.41. The summed E-state index contributed by atoms with van der Waals surface area (Å²) >= 11 is 0. The fraction of sp³-hybridized carbons (Fsp3) is 1.00. The van der Waals surface area contributed by atoms with Crippen molar-refractivity contribution in [2.45, 2.75) is 81.4 Å². The lowest BCUT2D eigenvalue weighted by Gasteiger charge is -2.42. The molecular formula is C13H27N3O4. The van der Waals surface area contributed by atoms with Crippen LogP contribution in [-0.2, 0) is 9.47 Å². The van der Waals surface area contributed by atoms with Gasteiger partial charge in [0.1, 0.15) is 12.2 Å². The number of aliphatic hydroxyl groups is 2. The molecule has 20 heavy (non-hydrogen) atoms. The van der Waals surface area contributed by atoms with Crippen LogP contribution in [0.3, 0.4) is 0 Å². The maximum atomic E-state index is 10.1. The van der Waals surface area contributed by atoms with E-state index in [1.807, 2.05) is 6.92 Å². The summed E-state index contributed by atoms with van der Waals surface area (Å²) in [6.07, 6.45) is -0.248. The minimum atomic E-state index is -1.09. The molecule has 7 heteroatoms. The number of aliphatic hydroxyl groups excluding tert-OH is 2. The fourth-order valence-electron chi connectivity index (χ4n) is 2.95. The van der Waals surface area contributed by atoms with Crippen molar-refractivity contribution in [3.05, 3.63) is 0 Å². The Labute approximate surface area is 119 Å². The summed E-state index contributed by atoms with van der Waals surface area (Å²) < 4.78 is 11.6. The van der Waals surface area contributed by atoms with Gasteiger partial charge >= 0.3 is 0 Å². The molecule has 0 aromatic heterocycles. The molecule has 2 aliphatic rings. The van der Waals surface area contributed by atoms with E-state index >= 15 is 0 Å². The third-order valence-corrected chi connectivity index (χ3v) is 4.24. The quantitative estimate of drug-likeness (QED) is 0.421. The van der Waals surface area contributed by atoms with Crippen LogP contribution >= 0.6 is 0 Å². The Morgan fingerprint density at radius 2 is 1.85 bits per heavy atom. The smallest absolute Gasteiger partial charge is 0.158 e. The molecule has 8 atom stereocenters. The average molecular weight is 289 g/mol. The molecule has 1 aliphatic heterocycles. The molecule has 0 radical (unpaired) electrons. The van der Waals surface area contributed by atoms with Gasteiger partial charge in [-0.1, -0.05) is 0 Å². The Balaban J connectivity index is 1.94. The van der Waals surface area contributed by atoms with Gasteiger partial charge in [-0.3, -0.25) is 0 Å². The zero-order valence-electron chi connectivity index (χ0n) is 11.9. The molecule has 1 aliphatic carbocycles. The maximum Gasteiger partial charge on any atom is 0.158 e. The maximum absolute atomic E-state index is 10.1. The van der Waals surface area contributed by atoms with Gasteiger partial charge in [0.05, 0.1) is 12.2 Å². The second-order valence-electron chi connectivity index (χ2n) is 6.04. The molecule has 1 saturated heterocycles. The van der Waals surface area contributed by atoms with Gasteiger partial charge in [-0.2, -0.15) is 0 Å². The minimum absolute atomic E-state index is 0.0436. The van der Waals surface area contributed by atoms with Crippen LogP contribution in [-0.4, -0.2) is 59.0 Å². The number of nitrogens with two attached hydrogens (primary N) is 3. The topological polar surface area (TPSA) is 137 Å². The van der Waals surface area contributed by atoms with Crippen LogP contribution in [0.2, 0.25) is 0 Å². The van der Waals surface area contributed by atoms with Crippen molar-refractivity contribution in [2.24, 2.45) is 17.2 Å². The molecule has 0 aromatic carbocycles. The van der Waals surface area contributed by atoms with E-state index in [2.05, 4.69) is 0 Å². The highest BCUT2D eigenvalue weighted by molar-refractivity contribution is 4.97. The number of ether oxygens (including phenoxy) is 2. The highest BCUT2D eigenvalue weighted by atomic mass is 16.7. The van der Waals surface area contributed by atoms with Crippen LogP contribution in [0.4, 0.5) is 0 Å². The van der Waals surface area contributed by atoms with Crippen LogP contribution in [0.1, 0.15) is 32.6 Å². The molecule has 118 valence electrons. The molecule has 7 nitrogen and oxygen atoms in total. The zero-order valence-corrected chi connectivity index (χ0v) is 11.9. The Morgan fingerprint density at radius 1 is 1.15 bits per heavy atom. The van der Waals surface area contributed by atoms with E-state index in [-0.39, 0.29) is 12.1 Å². The van der Waals surface area contributed by atoms with Crippen molar-refractivity contribution in [3.63, 3.8) is 0 Å². The molecule has 1 saturated carbocycles. The minimum Gasteiger partial charge on any atom is -0.389 e. The van der Waals surface area contributed by atoms with Crippen molar-refractivity contribution in [3.8, 4) is 0 Å². The van der Waals surface area contributed by atoms with Gasteiger partial charge in [0.15, 0.2) is 6.29 Å². The molecule has 1 heterocycles. The van der Waals surface area contributed by atoms with E-state index in [1.54, 1.807) is 0 Å². The third-order valence-electron chi connectivity index (χ3n) is 4.24. The van der Waals surface area contributed by atoms with Crippen molar-refractivity contribution < 1.29 is 19.7 Å². The van der Waals surface area contributed by atoms with Crippen LogP contribution < -0.4 is 17.2 Å². The van der Waals surface area contributed by atoms with Crippen molar-refractivity contribution in [2.75, 3.05) is 0 Å². The van der Waals surface area contributed by atoms with E-state index in [9.17, 15) is 10.2 Å². The molecule has 2 rings (SSSR count). The first-order valence-electron chi connectivity index (χ1n) is 7.34. The van der Waals surface area contributed by atoms with Gasteiger partial charge in [0.2, 0.25) is 0 Å². The number of hydrogen-bond acceptors (Lipinski definition) is 7. The summed E-state index contributed by atoms with van der Waals surface area (Å²) in [6, 6.07) is -1.00. The largest absolute Gasteiger partial charge is 0.389 e. The van der Waals surface area contributed by atoms with Crippen LogP contribution in [0.25, 0.3) is 0 Å². The highest BCUT2D eigenvalue weighted by Crippen LogP contribution is 2.27. The second kappa shape index (κ2) is 6.65. The summed E-state index contributed by atoms with van der Waals surface area (Å²) in [6.45, 7) is 1.90. The Kier molecular flexibility index (Phi) is 5.36. The molecule has 1 unspecified atom stereocenters. The van der Waals surface area contributed by atoms with Crippen molar-refractivity contribution in [1.29, 1.82) is 0 Å². The van der Waals surface area contributed by atoms with Gasteiger partial charge in [0, 0.05) is 18.1 Å². The molecule has 0 bridgehead atoms. The lowest BCUT2D eigenvalue weighted by molar-refractivity contribution is -0.249. The molecule has 0 amide bonds. The lowest BCUT2D eigenvalue weighted by atomic mass is 9.84. The summed E-state index contributed by atoms with van der Waals surface area (Å²) in [5.41, 5.74) is 17.5. The SMILES string of the molecule is C[C@@H](N)C1CCC[C@@H](O[C@H]2[C@H](O)[C@@H](O)[C@H](N)C[C@@H]2N)O1. The predicted octanol–water partition coefficient (Wildman–Crippen LogP) is -1.61. The van der Waals surface area contributed by atoms with Crippen molar-refractivity contribution >= 4 is 0 Å². The van der Waals surface area contributed by atoms with Crippen LogP contribution in [0, 0.1) is 0 Å². The number of hydrogen-bond donors (Lipinski definition) is 5. The Hall–Kier alpha value is -0.280. The first-order valence-corrected chi connectivity index (χ1v) is 7.34. The fourth-order valence-corrected chi connectivity index (χ4v) is 2.95. The van der Waals surface area contributed by atoms with Crippen molar-refractivity contribution in [1.82, 2.24) is 0 Å². The third kappa shape index (κ3) is 3.48. The lowest BCUT2D eigenvalue weighted by Crippen LogP contribution is -2.62. The second-order valence-corrected chi connectivity index (χ2v) is 6.04. The monoisotopic (exact) mass is 289 g/mol.